The third-order valence-electron chi connectivity index (χ3n) is 3.59. The fourth-order valence-corrected chi connectivity index (χ4v) is 5.00. The fraction of sp³-hybridized carbons (Fsp3) is 0.333. The third-order valence-corrected chi connectivity index (χ3v) is 6.20. The largest absolute Gasteiger partial charge is 0.348 e. The Morgan fingerprint density at radius 2 is 1.48 bits per heavy atom. The van der Waals surface area contributed by atoms with E-state index < -0.39 is 13.7 Å². The van der Waals surface area contributed by atoms with E-state index in [-0.39, 0.29) is 6.10 Å². The molecule has 0 saturated carbocycles. The van der Waals surface area contributed by atoms with Crippen molar-refractivity contribution in [3.8, 4) is 0 Å². The van der Waals surface area contributed by atoms with Gasteiger partial charge in [-0.3, -0.25) is 0 Å². The van der Waals surface area contributed by atoms with Crippen LogP contribution in [0.3, 0.4) is 0 Å². The summed E-state index contributed by atoms with van der Waals surface area (Å²) < 4.78 is 11.7. The normalized spacial score (nSPS) is 20.8. The molecule has 0 amide bonds. The molecular weight excluding hydrogens is 279 g/mol. The third kappa shape index (κ3) is 3.71. The average molecular weight is 300 g/mol. The van der Waals surface area contributed by atoms with Gasteiger partial charge in [-0.25, -0.2) is 0 Å². The molecule has 0 aliphatic carbocycles. The van der Waals surface area contributed by atoms with Gasteiger partial charge in [0, 0.05) is 6.16 Å². The summed E-state index contributed by atoms with van der Waals surface area (Å²) in [5.74, 6) is -0.445. The zero-order valence-electron chi connectivity index (χ0n) is 12.5. The summed E-state index contributed by atoms with van der Waals surface area (Å²) in [6.07, 6.45) is 1.18. The van der Waals surface area contributed by atoms with Crippen molar-refractivity contribution in [2.75, 3.05) is 12.8 Å². The maximum Gasteiger partial charge on any atom is 0.163 e. The van der Waals surface area contributed by atoms with Crippen LogP contribution in [0, 0.1) is 0 Å². The summed E-state index contributed by atoms with van der Waals surface area (Å²) in [6.45, 7) is 4.66. The number of benzene rings is 2. The van der Waals surface area contributed by atoms with Crippen molar-refractivity contribution in [1.82, 2.24) is 0 Å². The second-order valence-corrected chi connectivity index (χ2v) is 7.99. The fourth-order valence-electron chi connectivity index (χ4n) is 2.63. The van der Waals surface area contributed by atoms with Gasteiger partial charge in [0.25, 0.3) is 0 Å². The lowest BCUT2D eigenvalue weighted by atomic mass is 10.4. The van der Waals surface area contributed by atoms with Gasteiger partial charge in [0.1, 0.15) is 0 Å². The van der Waals surface area contributed by atoms with Gasteiger partial charge in [0.2, 0.25) is 0 Å². The van der Waals surface area contributed by atoms with Crippen molar-refractivity contribution in [3.05, 3.63) is 60.7 Å². The van der Waals surface area contributed by atoms with Gasteiger partial charge in [-0.05, 0) is 32.4 Å². The lowest BCUT2D eigenvalue weighted by Gasteiger charge is -2.23. The highest BCUT2D eigenvalue weighted by molar-refractivity contribution is 7.73. The van der Waals surface area contributed by atoms with Gasteiger partial charge in [-0.15, -0.1) is 0 Å². The van der Waals surface area contributed by atoms with Crippen LogP contribution >= 0.6 is 7.92 Å². The maximum atomic E-state index is 6.02. The topological polar surface area (TPSA) is 18.5 Å². The molecule has 0 aromatic heterocycles. The first-order valence-electron chi connectivity index (χ1n) is 7.33. The molecule has 1 heterocycles. The van der Waals surface area contributed by atoms with E-state index in [0.29, 0.717) is 6.61 Å². The van der Waals surface area contributed by atoms with Crippen molar-refractivity contribution in [3.63, 3.8) is 0 Å². The van der Waals surface area contributed by atoms with E-state index in [2.05, 4.69) is 60.7 Å². The van der Waals surface area contributed by atoms with Crippen LogP contribution in [0.4, 0.5) is 0 Å². The minimum absolute atomic E-state index is 0.173. The number of hydrogen-bond acceptors (Lipinski definition) is 2. The molecule has 110 valence electrons. The van der Waals surface area contributed by atoms with E-state index in [9.17, 15) is 0 Å². The Morgan fingerprint density at radius 1 is 0.952 bits per heavy atom. The molecule has 21 heavy (non-hydrogen) atoms. The van der Waals surface area contributed by atoms with Crippen LogP contribution in [-0.4, -0.2) is 24.7 Å². The zero-order valence-corrected chi connectivity index (χ0v) is 13.4. The van der Waals surface area contributed by atoms with E-state index in [1.54, 1.807) is 0 Å². The van der Waals surface area contributed by atoms with Gasteiger partial charge < -0.3 is 9.47 Å². The molecule has 0 unspecified atom stereocenters. The number of hydrogen-bond donors (Lipinski definition) is 0. The van der Waals surface area contributed by atoms with Gasteiger partial charge >= 0.3 is 0 Å². The van der Waals surface area contributed by atoms with Crippen molar-refractivity contribution in [1.29, 1.82) is 0 Å². The Labute approximate surface area is 127 Å². The highest BCUT2D eigenvalue weighted by atomic mass is 31.1. The minimum Gasteiger partial charge on any atom is -0.348 e. The Balaban J connectivity index is 1.84. The second kappa shape index (κ2) is 6.27. The summed E-state index contributed by atoms with van der Waals surface area (Å²) >= 11 is 0. The minimum atomic E-state index is -0.445. The van der Waals surface area contributed by atoms with Crippen molar-refractivity contribution < 1.29 is 9.47 Å². The zero-order chi connectivity index (χ0) is 14.7. The molecule has 0 spiro atoms. The van der Waals surface area contributed by atoms with Gasteiger partial charge in [-0.1, -0.05) is 60.7 Å². The summed E-state index contributed by atoms with van der Waals surface area (Å²) in [7, 11) is -0.408. The Hall–Kier alpha value is -1.21. The lowest BCUT2D eigenvalue weighted by molar-refractivity contribution is -0.135. The Bertz CT molecular complexity index is 529. The molecule has 2 aromatic carbocycles. The molecule has 3 rings (SSSR count). The Kier molecular flexibility index (Phi) is 4.40. The molecule has 3 heteroatoms. The van der Waals surface area contributed by atoms with Crippen molar-refractivity contribution in [2.24, 2.45) is 0 Å². The molecule has 1 atom stereocenters. The van der Waals surface area contributed by atoms with Crippen LogP contribution in [0.2, 0.25) is 0 Å². The van der Waals surface area contributed by atoms with Crippen LogP contribution in [0.5, 0.6) is 0 Å². The predicted molar refractivity (Wildman–Crippen MR) is 88.8 cm³/mol. The quantitative estimate of drug-likeness (QED) is 0.807. The predicted octanol–water partition coefficient (Wildman–Crippen LogP) is 3.27. The molecule has 0 radical (unpaired) electrons. The van der Waals surface area contributed by atoms with E-state index in [0.717, 1.165) is 6.16 Å². The van der Waals surface area contributed by atoms with E-state index in [1.165, 1.54) is 10.6 Å². The summed E-state index contributed by atoms with van der Waals surface area (Å²) in [5, 5.41) is 2.79. The summed E-state index contributed by atoms with van der Waals surface area (Å²) in [6, 6.07) is 21.5. The number of ether oxygens (including phenoxy) is 2. The second-order valence-electron chi connectivity index (χ2n) is 5.73. The van der Waals surface area contributed by atoms with E-state index in [1.807, 2.05) is 13.8 Å². The standard InChI is InChI=1S/C18H21O2P/c1-18(2)19-13-15(20-18)14-21(16-9-5-3-6-10-16)17-11-7-4-8-12-17/h3-12,15H,13-14H2,1-2H3/t15-/m0/s1. The summed E-state index contributed by atoms with van der Waals surface area (Å²) in [5.41, 5.74) is 0. The molecule has 0 bridgehead atoms. The molecule has 2 nitrogen and oxygen atoms in total. The van der Waals surface area contributed by atoms with Crippen molar-refractivity contribution in [2.45, 2.75) is 25.7 Å². The molecule has 1 aliphatic heterocycles. The van der Waals surface area contributed by atoms with Crippen LogP contribution in [0.25, 0.3) is 0 Å². The molecule has 2 aromatic rings. The smallest absolute Gasteiger partial charge is 0.163 e. The van der Waals surface area contributed by atoms with Gasteiger partial charge in [0.05, 0.1) is 12.7 Å². The van der Waals surface area contributed by atoms with Crippen LogP contribution < -0.4 is 10.6 Å². The molecule has 1 fully saturated rings. The monoisotopic (exact) mass is 300 g/mol. The highest BCUT2D eigenvalue weighted by Gasteiger charge is 2.34. The van der Waals surface area contributed by atoms with Crippen molar-refractivity contribution >= 4 is 18.5 Å². The van der Waals surface area contributed by atoms with Crippen LogP contribution in [0.15, 0.2) is 60.7 Å². The van der Waals surface area contributed by atoms with E-state index in [4.69, 9.17) is 9.47 Å². The first-order valence-corrected chi connectivity index (χ1v) is 8.86. The van der Waals surface area contributed by atoms with Gasteiger partial charge in [-0.2, -0.15) is 0 Å². The molecule has 1 aliphatic rings. The maximum absolute atomic E-state index is 6.02. The summed E-state index contributed by atoms with van der Waals surface area (Å²) in [4.78, 5) is 0. The first kappa shape index (κ1) is 14.7. The molecule has 0 N–H and O–H groups in total. The molecule has 1 saturated heterocycles. The van der Waals surface area contributed by atoms with Crippen LogP contribution in [0.1, 0.15) is 13.8 Å². The average Bonchev–Trinajstić information content (AvgIpc) is 2.86. The SMILES string of the molecule is CC1(C)OC[C@@H](CP(c2ccccc2)c2ccccc2)O1. The van der Waals surface area contributed by atoms with Crippen LogP contribution in [-0.2, 0) is 9.47 Å². The highest BCUT2D eigenvalue weighted by Crippen LogP contribution is 2.37. The number of rotatable bonds is 4. The van der Waals surface area contributed by atoms with Gasteiger partial charge in [0.15, 0.2) is 5.79 Å². The molecular formula is C18H21O2P. The lowest BCUT2D eigenvalue weighted by Crippen LogP contribution is -2.26. The van der Waals surface area contributed by atoms with E-state index >= 15 is 0 Å². The Morgan fingerprint density at radius 3 is 1.90 bits per heavy atom. The first-order chi connectivity index (χ1) is 10.1.